The van der Waals surface area contributed by atoms with Crippen molar-refractivity contribution in [1.82, 2.24) is 5.32 Å². The maximum Gasteiger partial charge on any atom is 0.0693 e. The fourth-order valence-corrected chi connectivity index (χ4v) is 1.41. The fraction of sp³-hybridized carbons (Fsp3) is 0.750. The zero-order valence-corrected chi connectivity index (χ0v) is 6.21. The number of aliphatic hydroxyl groups is 1. The van der Waals surface area contributed by atoms with Crippen LogP contribution in [-0.4, -0.2) is 23.8 Å². The number of rotatable bonds is 3. The van der Waals surface area contributed by atoms with Crippen molar-refractivity contribution in [3.63, 3.8) is 0 Å². The molecule has 0 aromatic heterocycles. The van der Waals surface area contributed by atoms with Gasteiger partial charge >= 0.3 is 0 Å². The molecule has 2 heteroatoms. The first kappa shape index (κ1) is 7.76. The average Bonchev–Trinajstić information content (AvgIpc) is 2.31. The van der Waals surface area contributed by atoms with Crippen LogP contribution in [0.1, 0.15) is 19.3 Å². The van der Waals surface area contributed by atoms with E-state index in [-0.39, 0.29) is 6.10 Å². The van der Waals surface area contributed by atoms with Gasteiger partial charge in [-0.3, -0.25) is 0 Å². The molecule has 0 heterocycles. The summed E-state index contributed by atoms with van der Waals surface area (Å²) in [5.41, 5.74) is 0. The molecule has 2 atom stereocenters. The third-order valence-corrected chi connectivity index (χ3v) is 2.00. The second kappa shape index (κ2) is 3.74. The fourth-order valence-electron chi connectivity index (χ4n) is 1.41. The first-order chi connectivity index (χ1) is 4.84. The van der Waals surface area contributed by atoms with Gasteiger partial charge in [-0.2, -0.15) is 0 Å². The summed E-state index contributed by atoms with van der Waals surface area (Å²) < 4.78 is 0. The number of hydrogen-bond donors (Lipinski definition) is 2. The summed E-state index contributed by atoms with van der Waals surface area (Å²) in [6.45, 7) is 4.41. The minimum absolute atomic E-state index is 0.125. The van der Waals surface area contributed by atoms with Gasteiger partial charge in [0, 0.05) is 12.6 Å². The second-order valence-corrected chi connectivity index (χ2v) is 2.80. The van der Waals surface area contributed by atoms with Gasteiger partial charge in [0.2, 0.25) is 0 Å². The van der Waals surface area contributed by atoms with E-state index in [1.54, 1.807) is 0 Å². The van der Waals surface area contributed by atoms with Crippen molar-refractivity contribution >= 4 is 0 Å². The molecule has 1 saturated carbocycles. The van der Waals surface area contributed by atoms with E-state index in [2.05, 4.69) is 11.9 Å². The van der Waals surface area contributed by atoms with Crippen LogP contribution < -0.4 is 5.32 Å². The monoisotopic (exact) mass is 141 g/mol. The Balaban J connectivity index is 2.19. The van der Waals surface area contributed by atoms with Crippen molar-refractivity contribution in [2.24, 2.45) is 0 Å². The van der Waals surface area contributed by atoms with E-state index < -0.39 is 0 Å². The molecule has 1 fully saturated rings. The quantitative estimate of drug-likeness (QED) is 0.566. The minimum atomic E-state index is -0.125. The standard InChI is InChI=1S/C8H15NO/c1-2-6-9-7-4-3-5-8(7)10/h2,7-10H,1,3-6H2/t7-,8-/m0/s1. The Morgan fingerprint density at radius 3 is 2.90 bits per heavy atom. The van der Waals surface area contributed by atoms with Crippen LogP contribution >= 0.6 is 0 Å². The highest BCUT2D eigenvalue weighted by molar-refractivity contribution is 4.84. The lowest BCUT2D eigenvalue weighted by Gasteiger charge is -2.14. The molecule has 58 valence electrons. The third-order valence-electron chi connectivity index (χ3n) is 2.00. The lowest BCUT2D eigenvalue weighted by molar-refractivity contribution is 0.151. The molecule has 2 nitrogen and oxygen atoms in total. The van der Waals surface area contributed by atoms with Crippen LogP contribution in [0, 0.1) is 0 Å². The maximum absolute atomic E-state index is 9.32. The maximum atomic E-state index is 9.32. The molecule has 0 unspecified atom stereocenters. The van der Waals surface area contributed by atoms with Gasteiger partial charge in [-0.1, -0.05) is 6.08 Å². The van der Waals surface area contributed by atoms with Crippen molar-refractivity contribution in [1.29, 1.82) is 0 Å². The van der Waals surface area contributed by atoms with Crippen molar-refractivity contribution in [3.05, 3.63) is 12.7 Å². The summed E-state index contributed by atoms with van der Waals surface area (Å²) in [4.78, 5) is 0. The lowest BCUT2D eigenvalue weighted by Crippen LogP contribution is -2.35. The van der Waals surface area contributed by atoms with Crippen LogP contribution in [-0.2, 0) is 0 Å². The Hall–Kier alpha value is -0.340. The molecule has 1 rings (SSSR count). The normalized spacial score (nSPS) is 32.5. The highest BCUT2D eigenvalue weighted by Gasteiger charge is 2.23. The summed E-state index contributed by atoms with van der Waals surface area (Å²) in [5, 5.41) is 12.5. The Labute approximate surface area is 61.9 Å². The topological polar surface area (TPSA) is 32.3 Å². The lowest BCUT2D eigenvalue weighted by atomic mass is 10.2. The van der Waals surface area contributed by atoms with Crippen molar-refractivity contribution in [3.8, 4) is 0 Å². The van der Waals surface area contributed by atoms with Gasteiger partial charge in [-0.15, -0.1) is 6.58 Å². The van der Waals surface area contributed by atoms with Crippen LogP contribution in [0.3, 0.4) is 0 Å². The highest BCUT2D eigenvalue weighted by atomic mass is 16.3. The Morgan fingerprint density at radius 1 is 1.60 bits per heavy atom. The number of hydrogen-bond acceptors (Lipinski definition) is 2. The zero-order valence-electron chi connectivity index (χ0n) is 6.21. The Bertz CT molecular complexity index is 114. The summed E-state index contributed by atoms with van der Waals surface area (Å²) in [5.74, 6) is 0. The first-order valence-electron chi connectivity index (χ1n) is 3.87. The van der Waals surface area contributed by atoms with Gasteiger partial charge in [0.15, 0.2) is 0 Å². The van der Waals surface area contributed by atoms with E-state index in [1.165, 1.54) is 0 Å². The van der Waals surface area contributed by atoms with E-state index in [4.69, 9.17) is 0 Å². The van der Waals surface area contributed by atoms with E-state index >= 15 is 0 Å². The van der Waals surface area contributed by atoms with Crippen molar-refractivity contribution in [2.75, 3.05) is 6.54 Å². The highest BCUT2D eigenvalue weighted by Crippen LogP contribution is 2.18. The van der Waals surface area contributed by atoms with E-state index in [0.717, 1.165) is 25.8 Å². The van der Waals surface area contributed by atoms with Crippen LogP contribution in [0.15, 0.2) is 12.7 Å². The largest absolute Gasteiger partial charge is 0.392 e. The number of nitrogens with one attached hydrogen (secondary N) is 1. The van der Waals surface area contributed by atoms with Crippen LogP contribution in [0.5, 0.6) is 0 Å². The SMILES string of the molecule is C=CCN[C@H]1CCC[C@@H]1O. The molecule has 2 N–H and O–H groups in total. The van der Waals surface area contributed by atoms with Gasteiger partial charge in [0.05, 0.1) is 6.10 Å². The Morgan fingerprint density at radius 2 is 2.40 bits per heavy atom. The van der Waals surface area contributed by atoms with E-state index in [9.17, 15) is 5.11 Å². The van der Waals surface area contributed by atoms with Gasteiger partial charge in [-0.25, -0.2) is 0 Å². The molecule has 10 heavy (non-hydrogen) atoms. The van der Waals surface area contributed by atoms with Gasteiger partial charge in [0.25, 0.3) is 0 Å². The molecule has 0 amide bonds. The summed E-state index contributed by atoms with van der Waals surface area (Å²) >= 11 is 0. The molecule has 1 aliphatic rings. The van der Waals surface area contributed by atoms with E-state index in [0.29, 0.717) is 6.04 Å². The van der Waals surface area contributed by atoms with Crippen molar-refractivity contribution in [2.45, 2.75) is 31.4 Å². The van der Waals surface area contributed by atoms with Gasteiger partial charge in [0.1, 0.15) is 0 Å². The minimum Gasteiger partial charge on any atom is -0.392 e. The molecule has 0 spiro atoms. The van der Waals surface area contributed by atoms with Gasteiger partial charge in [-0.05, 0) is 19.3 Å². The van der Waals surface area contributed by atoms with Crippen LogP contribution in [0.2, 0.25) is 0 Å². The molecule has 1 aliphatic carbocycles. The van der Waals surface area contributed by atoms with E-state index in [1.807, 2.05) is 6.08 Å². The zero-order chi connectivity index (χ0) is 7.40. The van der Waals surface area contributed by atoms with Gasteiger partial charge < -0.3 is 10.4 Å². The molecular weight excluding hydrogens is 126 g/mol. The molecule has 0 saturated heterocycles. The smallest absolute Gasteiger partial charge is 0.0693 e. The molecule has 0 aliphatic heterocycles. The molecule has 0 aromatic rings. The number of aliphatic hydroxyl groups excluding tert-OH is 1. The van der Waals surface area contributed by atoms with Crippen molar-refractivity contribution < 1.29 is 5.11 Å². The third kappa shape index (κ3) is 1.82. The van der Waals surface area contributed by atoms with Crippen LogP contribution in [0.4, 0.5) is 0 Å². The summed E-state index contributed by atoms with van der Waals surface area (Å²) in [6.07, 6.45) is 4.91. The predicted molar refractivity (Wildman–Crippen MR) is 41.8 cm³/mol. The summed E-state index contributed by atoms with van der Waals surface area (Å²) in [6, 6.07) is 0.318. The average molecular weight is 141 g/mol. The molecule has 0 aromatic carbocycles. The Kier molecular flexibility index (Phi) is 2.90. The predicted octanol–water partition coefficient (Wildman–Crippen LogP) is 0.675. The molecule has 0 radical (unpaired) electrons. The molecular formula is C8H15NO. The van der Waals surface area contributed by atoms with Crippen LogP contribution in [0.25, 0.3) is 0 Å². The summed E-state index contributed by atoms with van der Waals surface area (Å²) in [7, 11) is 0. The second-order valence-electron chi connectivity index (χ2n) is 2.80. The first-order valence-corrected chi connectivity index (χ1v) is 3.87. The molecule has 0 bridgehead atoms.